The van der Waals surface area contributed by atoms with E-state index < -0.39 is 0 Å². The highest BCUT2D eigenvalue weighted by molar-refractivity contribution is 6.29. The summed E-state index contributed by atoms with van der Waals surface area (Å²) in [5.74, 6) is 0.468. The Bertz CT molecular complexity index is 524. The van der Waals surface area contributed by atoms with Gasteiger partial charge in [0.2, 0.25) is 5.89 Å². The van der Waals surface area contributed by atoms with E-state index in [9.17, 15) is 4.79 Å². The SMILES string of the molecule is Cc1nc(CNC(=O)c2cnc(Cl)cn2)no1. The molecule has 0 aliphatic rings. The Morgan fingerprint density at radius 2 is 2.29 bits per heavy atom. The molecule has 2 aromatic rings. The summed E-state index contributed by atoms with van der Waals surface area (Å²) in [4.78, 5) is 23.1. The van der Waals surface area contributed by atoms with Crippen molar-refractivity contribution in [3.63, 3.8) is 0 Å². The number of hydrogen-bond acceptors (Lipinski definition) is 6. The number of aromatic nitrogens is 4. The van der Waals surface area contributed by atoms with Crippen LogP contribution in [0.25, 0.3) is 0 Å². The summed E-state index contributed by atoms with van der Waals surface area (Å²) in [7, 11) is 0. The molecule has 0 unspecified atom stereocenters. The zero-order valence-electron chi connectivity index (χ0n) is 8.85. The molecule has 0 atom stereocenters. The molecule has 17 heavy (non-hydrogen) atoms. The predicted molar refractivity (Wildman–Crippen MR) is 57.2 cm³/mol. The van der Waals surface area contributed by atoms with Crippen molar-refractivity contribution in [1.82, 2.24) is 25.4 Å². The Morgan fingerprint density at radius 3 is 2.88 bits per heavy atom. The average molecular weight is 254 g/mol. The Kier molecular flexibility index (Phi) is 3.29. The van der Waals surface area contributed by atoms with Gasteiger partial charge in [-0.15, -0.1) is 0 Å². The van der Waals surface area contributed by atoms with Gasteiger partial charge in [-0.3, -0.25) is 4.79 Å². The quantitative estimate of drug-likeness (QED) is 0.868. The fourth-order valence-electron chi connectivity index (χ4n) is 1.09. The molecule has 0 saturated carbocycles. The maximum Gasteiger partial charge on any atom is 0.271 e. The van der Waals surface area contributed by atoms with Gasteiger partial charge in [0, 0.05) is 6.92 Å². The first-order valence-electron chi connectivity index (χ1n) is 4.70. The number of nitrogens with zero attached hydrogens (tertiary/aromatic N) is 4. The van der Waals surface area contributed by atoms with Crippen molar-refractivity contribution in [2.24, 2.45) is 0 Å². The van der Waals surface area contributed by atoms with E-state index in [1.807, 2.05) is 0 Å². The topological polar surface area (TPSA) is 93.8 Å². The predicted octanol–water partition coefficient (Wildman–Crippen LogP) is 0.751. The van der Waals surface area contributed by atoms with Gasteiger partial charge in [0.1, 0.15) is 10.8 Å². The molecule has 0 radical (unpaired) electrons. The standard InChI is InChI=1S/C9H8ClN5O2/c1-5-14-8(15-17-5)4-13-9(16)6-2-12-7(10)3-11-6/h2-3H,4H2,1H3,(H,13,16). The van der Waals surface area contributed by atoms with Crippen molar-refractivity contribution in [3.8, 4) is 0 Å². The molecule has 0 aliphatic heterocycles. The van der Waals surface area contributed by atoms with Gasteiger partial charge in [0.25, 0.3) is 5.91 Å². The maximum atomic E-state index is 11.6. The number of hydrogen-bond donors (Lipinski definition) is 1. The van der Waals surface area contributed by atoms with Crippen LogP contribution < -0.4 is 5.32 Å². The molecule has 0 aliphatic carbocycles. The van der Waals surface area contributed by atoms with Crippen LogP contribution in [-0.2, 0) is 6.54 Å². The Hall–Kier alpha value is -2.02. The van der Waals surface area contributed by atoms with Gasteiger partial charge < -0.3 is 9.84 Å². The highest BCUT2D eigenvalue weighted by Crippen LogP contribution is 2.01. The summed E-state index contributed by atoms with van der Waals surface area (Å²) in [5, 5.41) is 6.45. The number of carbonyl (C=O) groups is 1. The van der Waals surface area contributed by atoms with Gasteiger partial charge in [0.05, 0.1) is 18.9 Å². The first kappa shape index (κ1) is 11.5. The second kappa shape index (κ2) is 4.88. The summed E-state index contributed by atoms with van der Waals surface area (Å²) in [6.45, 7) is 1.84. The van der Waals surface area contributed by atoms with E-state index in [1.54, 1.807) is 6.92 Å². The van der Waals surface area contributed by atoms with Crippen LogP contribution in [0.2, 0.25) is 5.15 Å². The average Bonchev–Trinajstić information content (AvgIpc) is 2.73. The van der Waals surface area contributed by atoms with E-state index in [1.165, 1.54) is 12.4 Å². The summed E-state index contributed by atoms with van der Waals surface area (Å²) >= 11 is 5.55. The maximum absolute atomic E-state index is 11.6. The van der Waals surface area contributed by atoms with Crippen LogP contribution in [-0.4, -0.2) is 26.0 Å². The van der Waals surface area contributed by atoms with E-state index in [0.29, 0.717) is 11.7 Å². The molecule has 2 rings (SSSR count). The van der Waals surface area contributed by atoms with E-state index in [-0.39, 0.29) is 23.3 Å². The van der Waals surface area contributed by atoms with Crippen LogP contribution in [0, 0.1) is 6.92 Å². The lowest BCUT2D eigenvalue weighted by molar-refractivity contribution is 0.0944. The molecule has 2 heterocycles. The van der Waals surface area contributed by atoms with Gasteiger partial charge in [-0.1, -0.05) is 16.8 Å². The van der Waals surface area contributed by atoms with E-state index in [0.717, 1.165) is 0 Å². The number of nitrogens with one attached hydrogen (secondary N) is 1. The van der Waals surface area contributed by atoms with E-state index in [2.05, 4.69) is 25.4 Å². The zero-order valence-corrected chi connectivity index (χ0v) is 9.60. The first-order chi connectivity index (χ1) is 8.15. The number of halogens is 1. The van der Waals surface area contributed by atoms with Crippen LogP contribution in [0.1, 0.15) is 22.2 Å². The van der Waals surface area contributed by atoms with Gasteiger partial charge in [-0.2, -0.15) is 4.98 Å². The molecule has 88 valence electrons. The van der Waals surface area contributed by atoms with Gasteiger partial charge in [0.15, 0.2) is 5.82 Å². The lowest BCUT2D eigenvalue weighted by atomic mass is 10.4. The number of rotatable bonds is 3. The highest BCUT2D eigenvalue weighted by atomic mass is 35.5. The van der Waals surface area contributed by atoms with Crippen LogP contribution in [0.5, 0.6) is 0 Å². The molecule has 1 amide bonds. The summed E-state index contributed by atoms with van der Waals surface area (Å²) in [6, 6.07) is 0. The molecule has 8 heteroatoms. The Balaban J connectivity index is 1.95. The third-order valence-corrected chi connectivity index (χ3v) is 2.02. The number of aryl methyl sites for hydroxylation is 1. The molecule has 0 bridgehead atoms. The molecular formula is C9H8ClN5O2. The first-order valence-corrected chi connectivity index (χ1v) is 5.08. The Morgan fingerprint density at radius 1 is 1.47 bits per heavy atom. The fraction of sp³-hybridized carbons (Fsp3) is 0.222. The van der Waals surface area contributed by atoms with Crippen LogP contribution >= 0.6 is 11.6 Å². The monoisotopic (exact) mass is 253 g/mol. The van der Waals surface area contributed by atoms with Crippen molar-refractivity contribution in [2.45, 2.75) is 13.5 Å². The lowest BCUT2D eigenvalue weighted by Gasteiger charge is -2.00. The minimum atomic E-state index is -0.378. The van der Waals surface area contributed by atoms with Crippen molar-refractivity contribution in [1.29, 1.82) is 0 Å². The normalized spacial score (nSPS) is 10.2. The number of amides is 1. The fourth-order valence-corrected chi connectivity index (χ4v) is 1.19. The summed E-state index contributed by atoms with van der Waals surface area (Å²) in [5.41, 5.74) is 0.176. The Labute approximate surface area is 101 Å². The largest absolute Gasteiger partial charge is 0.343 e. The van der Waals surface area contributed by atoms with Crippen LogP contribution in [0.15, 0.2) is 16.9 Å². The molecule has 2 aromatic heterocycles. The molecule has 7 nitrogen and oxygen atoms in total. The van der Waals surface area contributed by atoms with E-state index >= 15 is 0 Å². The third-order valence-electron chi connectivity index (χ3n) is 1.83. The molecule has 0 spiro atoms. The summed E-state index contributed by atoms with van der Waals surface area (Å²) in [6.07, 6.45) is 2.59. The molecule has 0 saturated heterocycles. The highest BCUT2D eigenvalue weighted by Gasteiger charge is 2.09. The smallest absolute Gasteiger partial charge is 0.271 e. The van der Waals surface area contributed by atoms with Crippen molar-refractivity contribution >= 4 is 17.5 Å². The van der Waals surface area contributed by atoms with Gasteiger partial charge in [-0.05, 0) is 0 Å². The molecule has 1 N–H and O–H groups in total. The number of carbonyl (C=O) groups excluding carboxylic acids is 1. The molecule has 0 fully saturated rings. The minimum absolute atomic E-state index is 0.167. The van der Waals surface area contributed by atoms with Gasteiger partial charge >= 0.3 is 0 Å². The van der Waals surface area contributed by atoms with Gasteiger partial charge in [-0.25, -0.2) is 9.97 Å². The third kappa shape index (κ3) is 2.97. The van der Waals surface area contributed by atoms with E-state index in [4.69, 9.17) is 16.1 Å². The second-order valence-electron chi connectivity index (χ2n) is 3.14. The zero-order chi connectivity index (χ0) is 12.3. The van der Waals surface area contributed by atoms with Crippen molar-refractivity contribution in [3.05, 3.63) is 35.0 Å². The van der Waals surface area contributed by atoms with Crippen molar-refractivity contribution < 1.29 is 9.32 Å². The van der Waals surface area contributed by atoms with Crippen LogP contribution in [0.4, 0.5) is 0 Å². The molecule has 0 aromatic carbocycles. The minimum Gasteiger partial charge on any atom is -0.343 e. The second-order valence-corrected chi connectivity index (χ2v) is 3.52. The summed E-state index contributed by atoms with van der Waals surface area (Å²) < 4.78 is 4.76. The lowest BCUT2D eigenvalue weighted by Crippen LogP contribution is -2.24. The van der Waals surface area contributed by atoms with Crippen molar-refractivity contribution in [2.75, 3.05) is 0 Å². The van der Waals surface area contributed by atoms with Crippen LogP contribution in [0.3, 0.4) is 0 Å². The molecular weight excluding hydrogens is 246 g/mol.